The fourth-order valence-corrected chi connectivity index (χ4v) is 4.35. The van der Waals surface area contributed by atoms with Gasteiger partial charge in [-0.25, -0.2) is 14.4 Å². The predicted octanol–water partition coefficient (Wildman–Crippen LogP) is 4.44. The molecule has 2 aliphatic heterocycles. The summed E-state index contributed by atoms with van der Waals surface area (Å²) in [6.45, 7) is 2.05. The van der Waals surface area contributed by atoms with Crippen molar-refractivity contribution in [1.29, 1.82) is 0 Å². The minimum atomic E-state index is -0.936. The Bertz CT molecular complexity index is 1120. The van der Waals surface area contributed by atoms with Crippen LogP contribution < -0.4 is 9.96 Å². The number of anilines is 2. The van der Waals surface area contributed by atoms with Gasteiger partial charge in [-0.15, -0.1) is 0 Å². The number of rotatable bonds is 4. The highest BCUT2D eigenvalue weighted by molar-refractivity contribution is 6.23. The molecule has 3 aromatic rings. The average Bonchev–Trinajstić information content (AvgIpc) is 3.31. The fourth-order valence-electron chi connectivity index (χ4n) is 4.35. The number of aryl methyl sites for hydroxylation is 1. The molecule has 0 radical (unpaired) electrons. The summed E-state index contributed by atoms with van der Waals surface area (Å²) < 4.78 is 13.6. The standard InChI is InChI=1S/C25H21FN2O3/c1-2-16-8-14-19(15-9-16)27-24(29)21-22(17-10-12-18(26)13-11-17)28(31-23(21)25(27)30)20-6-4-3-5-7-20/h3-15,21-23H,2H2,1H3/t21-,22-,23+/m0/s1. The lowest BCUT2D eigenvalue weighted by molar-refractivity contribution is -0.126. The molecule has 2 amide bonds. The molecule has 3 atom stereocenters. The van der Waals surface area contributed by atoms with E-state index in [-0.39, 0.29) is 17.6 Å². The van der Waals surface area contributed by atoms with Gasteiger partial charge >= 0.3 is 0 Å². The van der Waals surface area contributed by atoms with E-state index in [9.17, 15) is 14.0 Å². The molecule has 0 N–H and O–H groups in total. The van der Waals surface area contributed by atoms with Gasteiger partial charge in [0.05, 0.1) is 17.4 Å². The number of hydroxylamine groups is 1. The average molecular weight is 416 g/mol. The summed E-state index contributed by atoms with van der Waals surface area (Å²) in [7, 11) is 0. The Morgan fingerprint density at radius 2 is 1.52 bits per heavy atom. The lowest BCUT2D eigenvalue weighted by Gasteiger charge is -2.28. The van der Waals surface area contributed by atoms with Crippen molar-refractivity contribution in [3.63, 3.8) is 0 Å². The molecular formula is C25H21FN2O3. The molecule has 2 aliphatic rings. The third kappa shape index (κ3) is 3.20. The Labute approximate surface area is 179 Å². The second-order valence-corrected chi connectivity index (χ2v) is 7.74. The van der Waals surface area contributed by atoms with Gasteiger partial charge in [-0.3, -0.25) is 14.4 Å². The molecule has 0 bridgehead atoms. The van der Waals surface area contributed by atoms with Gasteiger partial charge < -0.3 is 0 Å². The van der Waals surface area contributed by atoms with Crippen molar-refractivity contribution in [2.75, 3.05) is 9.96 Å². The molecule has 0 saturated carbocycles. The van der Waals surface area contributed by atoms with Crippen LogP contribution in [0.25, 0.3) is 0 Å². The molecule has 5 nitrogen and oxygen atoms in total. The number of para-hydroxylation sites is 1. The molecule has 5 rings (SSSR count). The van der Waals surface area contributed by atoms with Crippen molar-refractivity contribution in [3.05, 3.63) is 95.8 Å². The second-order valence-electron chi connectivity index (χ2n) is 7.74. The summed E-state index contributed by atoms with van der Waals surface area (Å²) in [6, 6.07) is 22.2. The van der Waals surface area contributed by atoms with Gasteiger partial charge in [0.15, 0.2) is 6.10 Å². The van der Waals surface area contributed by atoms with Crippen LogP contribution in [-0.4, -0.2) is 17.9 Å². The largest absolute Gasteiger partial charge is 0.273 e. The third-order valence-electron chi connectivity index (χ3n) is 5.94. The predicted molar refractivity (Wildman–Crippen MR) is 115 cm³/mol. The fraction of sp³-hybridized carbons (Fsp3) is 0.200. The summed E-state index contributed by atoms with van der Waals surface area (Å²) in [4.78, 5) is 34.0. The van der Waals surface area contributed by atoms with Crippen LogP contribution in [0.15, 0.2) is 78.9 Å². The molecule has 3 aromatic carbocycles. The number of hydrogen-bond donors (Lipinski definition) is 0. The summed E-state index contributed by atoms with van der Waals surface area (Å²) in [5, 5.41) is 1.61. The maximum atomic E-state index is 13.6. The van der Waals surface area contributed by atoms with E-state index in [1.807, 2.05) is 49.4 Å². The van der Waals surface area contributed by atoms with Crippen LogP contribution in [0.5, 0.6) is 0 Å². The normalized spacial score (nSPS) is 22.8. The van der Waals surface area contributed by atoms with Gasteiger partial charge in [0, 0.05) is 0 Å². The number of fused-ring (bicyclic) bond motifs is 1. The Hall–Kier alpha value is -3.51. The highest BCUT2D eigenvalue weighted by Gasteiger charge is 2.60. The Balaban J connectivity index is 1.56. The molecular weight excluding hydrogens is 395 g/mol. The molecule has 31 heavy (non-hydrogen) atoms. The minimum Gasteiger partial charge on any atom is -0.273 e. The van der Waals surface area contributed by atoms with Crippen molar-refractivity contribution >= 4 is 23.2 Å². The molecule has 2 fully saturated rings. The summed E-state index contributed by atoms with van der Waals surface area (Å²) >= 11 is 0. The number of carbonyl (C=O) groups excluding carboxylic acids is 2. The highest BCUT2D eigenvalue weighted by atomic mass is 19.1. The lowest BCUT2D eigenvalue weighted by Crippen LogP contribution is -2.37. The van der Waals surface area contributed by atoms with Crippen molar-refractivity contribution in [1.82, 2.24) is 0 Å². The van der Waals surface area contributed by atoms with Crippen molar-refractivity contribution < 1.29 is 18.8 Å². The number of imide groups is 1. The first-order valence-electron chi connectivity index (χ1n) is 10.3. The van der Waals surface area contributed by atoms with Gasteiger partial charge in [0.25, 0.3) is 5.91 Å². The number of nitrogens with zero attached hydrogens (tertiary/aromatic N) is 2. The first-order chi connectivity index (χ1) is 15.1. The van der Waals surface area contributed by atoms with E-state index in [1.165, 1.54) is 17.0 Å². The van der Waals surface area contributed by atoms with Crippen molar-refractivity contribution in [2.45, 2.75) is 25.5 Å². The Morgan fingerprint density at radius 1 is 0.839 bits per heavy atom. The van der Waals surface area contributed by atoms with Gasteiger partial charge in [0.1, 0.15) is 11.7 Å². The van der Waals surface area contributed by atoms with E-state index in [0.29, 0.717) is 11.3 Å². The van der Waals surface area contributed by atoms with E-state index in [4.69, 9.17) is 4.84 Å². The highest BCUT2D eigenvalue weighted by Crippen LogP contribution is 2.47. The maximum absolute atomic E-state index is 13.6. The smallest absolute Gasteiger partial charge is 0.266 e. The van der Waals surface area contributed by atoms with Crippen LogP contribution in [0.2, 0.25) is 0 Å². The van der Waals surface area contributed by atoms with E-state index < -0.39 is 18.1 Å². The van der Waals surface area contributed by atoms with Crippen LogP contribution in [-0.2, 0) is 20.8 Å². The molecule has 0 aliphatic carbocycles. The SMILES string of the molecule is CCc1ccc(N2C(=O)[C@@H]3[C@@H](ON(c4ccccc4)[C@H]3c3ccc(F)cc3)C2=O)cc1. The summed E-state index contributed by atoms with van der Waals surface area (Å²) in [5.41, 5.74) is 3.10. The summed E-state index contributed by atoms with van der Waals surface area (Å²) in [6.07, 6.45) is -0.0662. The number of amides is 2. The van der Waals surface area contributed by atoms with Gasteiger partial charge in [-0.2, -0.15) is 0 Å². The summed E-state index contributed by atoms with van der Waals surface area (Å²) in [5.74, 6) is -1.79. The van der Waals surface area contributed by atoms with Crippen LogP contribution in [0.1, 0.15) is 24.1 Å². The van der Waals surface area contributed by atoms with Crippen molar-refractivity contribution in [3.8, 4) is 0 Å². The van der Waals surface area contributed by atoms with Crippen LogP contribution in [0.4, 0.5) is 15.8 Å². The molecule has 0 spiro atoms. The van der Waals surface area contributed by atoms with E-state index in [1.54, 1.807) is 29.3 Å². The Kier molecular flexibility index (Phi) is 4.79. The van der Waals surface area contributed by atoms with Crippen LogP contribution in [0, 0.1) is 11.7 Å². The number of carbonyl (C=O) groups is 2. The number of halogens is 1. The number of hydrogen-bond acceptors (Lipinski definition) is 4. The molecule has 0 unspecified atom stereocenters. The topological polar surface area (TPSA) is 49.9 Å². The quantitative estimate of drug-likeness (QED) is 0.590. The lowest BCUT2D eigenvalue weighted by atomic mass is 9.90. The molecule has 2 saturated heterocycles. The Morgan fingerprint density at radius 3 is 2.16 bits per heavy atom. The molecule has 156 valence electrons. The molecule has 2 heterocycles. The van der Waals surface area contributed by atoms with Gasteiger partial charge in [-0.05, 0) is 53.9 Å². The third-order valence-corrected chi connectivity index (χ3v) is 5.94. The van der Waals surface area contributed by atoms with Gasteiger partial charge in [-0.1, -0.05) is 49.4 Å². The first kappa shape index (κ1) is 19.5. The monoisotopic (exact) mass is 416 g/mol. The number of benzene rings is 3. The van der Waals surface area contributed by atoms with Crippen LogP contribution in [0.3, 0.4) is 0 Å². The zero-order chi connectivity index (χ0) is 21.5. The first-order valence-corrected chi connectivity index (χ1v) is 10.3. The molecule has 0 aromatic heterocycles. The van der Waals surface area contributed by atoms with Crippen LogP contribution >= 0.6 is 0 Å². The van der Waals surface area contributed by atoms with Crippen molar-refractivity contribution in [2.24, 2.45) is 5.92 Å². The minimum absolute atomic E-state index is 0.313. The van der Waals surface area contributed by atoms with E-state index in [0.717, 1.165) is 17.7 Å². The molecule has 6 heteroatoms. The zero-order valence-electron chi connectivity index (χ0n) is 16.9. The second kappa shape index (κ2) is 7.63. The van der Waals surface area contributed by atoms with E-state index in [2.05, 4.69) is 0 Å². The van der Waals surface area contributed by atoms with E-state index >= 15 is 0 Å². The zero-order valence-corrected chi connectivity index (χ0v) is 16.9. The maximum Gasteiger partial charge on any atom is 0.266 e. The van der Waals surface area contributed by atoms with Gasteiger partial charge in [0.2, 0.25) is 5.91 Å².